The molecule has 0 spiro atoms. The van der Waals surface area contributed by atoms with Gasteiger partial charge >= 0.3 is 0 Å². The predicted octanol–water partition coefficient (Wildman–Crippen LogP) is 5.92. The van der Waals surface area contributed by atoms with Crippen molar-refractivity contribution in [2.24, 2.45) is 5.92 Å². The van der Waals surface area contributed by atoms with E-state index in [2.05, 4.69) is 24.3 Å². The van der Waals surface area contributed by atoms with Gasteiger partial charge in [-0.25, -0.2) is 0 Å². The smallest absolute Gasteiger partial charge is 0.296 e. The molecule has 1 aliphatic rings. The molecule has 0 bridgehead atoms. The lowest BCUT2D eigenvalue weighted by Crippen LogP contribution is -2.42. The molecular weight excluding hydrogens is 432 g/mol. The summed E-state index contributed by atoms with van der Waals surface area (Å²) in [7, 11) is 0. The van der Waals surface area contributed by atoms with Gasteiger partial charge in [-0.15, -0.1) is 0 Å². The van der Waals surface area contributed by atoms with Crippen molar-refractivity contribution < 1.29 is 9.59 Å². The van der Waals surface area contributed by atoms with Crippen LogP contribution in [-0.4, -0.2) is 34.1 Å². The molecule has 0 saturated carbocycles. The second-order valence-electron chi connectivity index (χ2n) is 8.66. The minimum absolute atomic E-state index is 0.407. The summed E-state index contributed by atoms with van der Waals surface area (Å²) in [6, 6.07) is 25.5. The van der Waals surface area contributed by atoms with Crippen molar-refractivity contribution in [3.8, 4) is 11.1 Å². The van der Waals surface area contributed by atoms with E-state index in [0.717, 1.165) is 35.9 Å². The highest BCUT2D eigenvalue weighted by atomic mass is 35.5. The molecule has 0 radical (unpaired) electrons. The van der Waals surface area contributed by atoms with Crippen molar-refractivity contribution in [3.63, 3.8) is 0 Å². The van der Waals surface area contributed by atoms with Gasteiger partial charge in [0.2, 0.25) is 0 Å². The highest BCUT2D eigenvalue weighted by Gasteiger charge is 2.31. The number of rotatable bonds is 5. The highest BCUT2D eigenvalue weighted by Crippen LogP contribution is 2.30. The molecule has 0 N–H and O–H groups in total. The van der Waals surface area contributed by atoms with E-state index < -0.39 is 11.7 Å². The van der Waals surface area contributed by atoms with Crippen molar-refractivity contribution in [1.82, 2.24) is 9.30 Å². The first kappa shape index (κ1) is 21.5. The van der Waals surface area contributed by atoms with Crippen molar-refractivity contribution in [2.75, 3.05) is 13.1 Å². The van der Waals surface area contributed by atoms with Crippen LogP contribution in [0.1, 0.15) is 28.9 Å². The Morgan fingerprint density at radius 3 is 2.30 bits per heavy atom. The van der Waals surface area contributed by atoms with Crippen LogP contribution in [0.15, 0.2) is 85.1 Å². The van der Waals surface area contributed by atoms with Crippen LogP contribution in [0.25, 0.3) is 16.6 Å². The Bertz CT molecular complexity index is 1290. The summed E-state index contributed by atoms with van der Waals surface area (Å²) in [5.41, 5.74) is 4.21. The monoisotopic (exact) mass is 456 g/mol. The molecule has 33 heavy (non-hydrogen) atoms. The second kappa shape index (κ2) is 9.24. The van der Waals surface area contributed by atoms with Crippen molar-refractivity contribution in [2.45, 2.75) is 19.3 Å². The van der Waals surface area contributed by atoms with E-state index in [1.807, 2.05) is 53.1 Å². The van der Waals surface area contributed by atoms with Gasteiger partial charge in [0, 0.05) is 35.4 Å². The number of carbonyl (C=O) groups excluding carboxylic acids is 2. The summed E-state index contributed by atoms with van der Waals surface area (Å²) >= 11 is 6.06. The van der Waals surface area contributed by atoms with E-state index in [1.165, 1.54) is 5.56 Å². The summed E-state index contributed by atoms with van der Waals surface area (Å²) in [5.74, 6) is -0.356. The minimum atomic E-state index is -0.465. The van der Waals surface area contributed by atoms with Gasteiger partial charge in [0.1, 0.15) is 5.69 Å². The summed E-state index contributed by atoms with van der Waals surface area (Å²) in [6.07, 6.45) is 4.67. The Kier molecular flexibility index (Phi) is 6.01. The average Bonchev–Trinajstić information content (AvgIpc) is 3.24. The van der Waals surface area contributed by atoms with Gasteiger partial charge in [-0.05, 0) is 66.6 Å². The average molecular weight is 457 g/mol. The summed E-state index contributed by atoms with van der Waals surface area (Å²) in [4.78, 5) is 28.5. The van der Waals surface area contributed by atoms with Gasteiger partial charge in [0.25, 0.3) is 11.7 Å². The van der Waals surface area contributed by atoms with Crippen LogP contribution in [0.4, 0.5) is 0 Å². The molecule has 4 aromatic rings. The number of carbonyl (C=O) groups is 2. The Morgan fingerprint density at radius 2 is 1.58 bits per heavy atom. The van der Waals surface area contributed by atoms with Gasteiger partial charge < -0.3 is 9.30 Å². The number of hydrogen-bond donors (Lipinski definition) is 0. The highest BCUT2D eigenvalue weighted by molar-refractivity contribution is 6.43. The first-order valence-electron chi connectivity index (χ1n) is 11.3. The summed E-state index contributed by atoms with van der Waals surface area (Å²) < 4.78 is 1.81. The molecule has 0 aliphatic carbocycles. The maximum atomic E-state index is 13.5. The number of aromatic nitrogens is 1. The van der Waals surface area contributed by atoms with Crippen LogP contribution in [0.5, 0.6) is 0 Å². The first-order valence-corrected chi connectivity index (χ1v) is 11.7. The van der Waals surface area contributed by atoms with Crippen molar-refractivity contribution in [3.05, 3.63) is 101 Å². The fourth-order valence-corrected chi connectivity index (χ4v) is 4.86. The maximum absolute atomic E-state index is 13.5. The van der Waals surface area contributed by atoms with E-state index in [9.17, 15) is 9.59 Å². The lowest BCUT2D eigenvalue weighted by atomic mass is 9.90. The van der Waals surface area contributed by atoms with E-state index >= 15 is 0 Å². The molecule has 5 rings (SSSR count). The molecule has 0 unspecified atom stereocenters. The van der Waals surface area contributed by atoms with Crippen LogP contribution < -0.4 is 0 Å². The van der Waals surface area contributed by atoms with Gasteiger partial charge in [-0.1, -0.05) is 60.1 Å². The molecule has 1 saturated heterocycles. The SMILES string of the molecule is O=C(C(=O)N1CCC(Cc2ccccc2)CC1)c1c(-c2ccc(Cl)cc2)cc2ccccn12. The largest absolute Gasteiger partial charge is 0.336 e. The lowest BCUT2D eigenvalue weighted by Gasteiger charge is -2.31. The maximum Gasteiger partial charge on any atom is 0.296 e. The number of pyridine rings is 1. The van der Waals surface area contributed by atoms with E-state index in [1.54, 1.807) is 17.0 Å². The zero-order valence-electron chi connectivity index (χ0n) is 18.3. The number of piperidine rings is 1. The predicted molar refractivity (Wildman–Crippen MR) is 132 cm³/mol. The quantitative estimate of drug-likeness (QED) is 0.276. The topological polar surface area (TPSA) is 41.8 Å². The normalized spacial score (nSPS) is 14.5. The third-order valence-corrected chi connectivity index (χ3v) is 6.77. The Hall–Kier alpha value is -3.37. The van der Waals surface area contributed by atoms with Crippen molar-refractivity contribution in [1.29, 1.82) is 0 Å². The van der Waals surface area contributed by atoms with Crippen LogP contribution in [0.2, 0.25) is 5.02 Å². The van der Waals surface area contributed by atoms with Crippen LogP contribution in [0, 0.1) is 5.92 Å². The zero-order chi connectivity index (χ0) is 22.8. The summed E-state index contributed by atoms with van der Waals surface area (Å²) in [6.45, 7) is 1.23. The van der Waals surface area contributed by atoms with Gasteiger partial charge in [0.15, 0.2) is 0 Å². The molecule has 5 heteroatoms. The van der Waals surface area contributed by atoms with E-state index in [0.29, 0.717) is 29.7 Å². The van der Waals surface area contributed by atoms with Gasteiger partial charge in [-0.3, -0.25) is 9.59 Å². The number of Topliss-reactive ketones (excluding diaryl/α,β-unsaturated/α-hetero) is 1. The molecule has 166 valence electrons. The molecule has 0 atom stereocenters. The first-order chi connectivity index (χ1) is 16.1. The fraction of sp³-hybridized carbons (Fsp3) is 0.214. The van der Waals surface area contributed by atoms with Crippen LogP contribution >= 0.6 is 11.6 Å². The van der Waals surface area contributed by atoms with Crippen LogP contribution in [-0.2, 0) is 11.2 Å². The number of ketones is 1. The van der Waals surface area contributed by atoms with E-state index in [-0.39, 0.29) is 0 Å². The molecule has 3 heterocycles. The van der Waals surface area contributed by atoms with Crippen LogP contribution in [0.3, 0.4) is 0 Å². The Morgan fingerprint density at radius 1 is 0.879 bits per heavy atom. The van der Waals surface area contributed by atoms with Crippen molar-refractivity contribution >= 4 is 28.8 Å². The lowest BCUT2D eigenvalue weighted by molar-refractivity contribution is -0.127. The van der Waals surface area contributed by atoms with E-state index in [4.69, 9.17) is 11.6 Å². The number of likely N-dealkylation sites (tertiary alicyclic amines) is 1. The number of benzene rings is 2. The number of fused-ring (bicyclic) bond motifs is 1. The van der Waals surface area contributed by atoms with Gasteiger partial charge in [-0.2, -0.15) is 0 Å². The molecule has 1 aliphatic heterocycles. The molecule has 2 aromatic heterocycles. The molecule has 4 nitrogen and oxygen atoms in total. The molecule has 2 aromatic carbocycles. The Balaban J connectivity index is 1.37. The number of halogens is 1. The molecule has 1 fully saturated rings. The minimum Gasteiger partial charge on any atom is -0.336 e. The summed E-state index contributed by atoms with van der Waals surface area (Å²) in [5, 5.41) is 0.629. The zero-order valence-corrected chi connectivity index (χ0v) is 19.0. The number of nitrogens with zero attached hydrogens (tertiary/aromatic N) is 2. The molecule has 1 amide bonds. The number of amides is 1. The standard InChI is InChI=1S/C28H25ClN2O2/c29-23-11-9-22(10-12-23)25-19-24-8-4-5-15-31(24)26(25)27(32)28(33)30-16-13-21(14-17-30)18-20-6-2-1-3-7-20/h1-12,15,19,21H,13-14,16-18H2. The third kappa shape index (κ3) is 4.44. The number of hydrogen-bond acceptors (Lipinski definition) is 2. The van der Waals surface area contributed by atoms with Gasteiger partial charge in [0.05, 0.1) is 0 Å². The third-order valence-electron chi connectivity index (χ3n) is 6.51. The Labute approximate surface area is 198 Å². The fourth-order valence-electron chi connectivity index (χ4n) is 4.74. The second-order valence-corrected chi connectivity index (χ2v) is 9.10. The molecular formula is C28H25ClN2O2.